The lowest BCUT2D eigenvalue weighted by atomic mass is 9.99. The van der Waals surface area contributed by atoms with Gasteiger partial charge in [0.1, 0.15) is 0 Å². The molecule has 2 aromatic carbocycles. The maximum Gasteiger partial charge on any atom is 0.206 e. The summed E-state index contributed by atoms with van der Waals surface area (Å²) in [5.41, 5.74) is 3.71. The van der Waals surface area contributed by atoms with Crippen LogP contribution < -0.4 is 5.32 Å². The molecule has 0 aliphatic carbocycles. The molecule has 0 radical (unpaired) electrons. The zero-order valence-corrected chi connectivity index (χ0v) is 17.2. The Morgan fingerprint density at radius 1 is 1.11 bits per heavy atom. The molecule has 2 unspecified atom stereocenters. The topological polar surface area (TPSA) is 51.1 Å². The minimum atomic E-state index is -3.60. The molecule has 2 bridgehead atoms. The lowest BCUT2D eigenvalue weighted by Gasteiger charge is -2.23. The van der Waals surface area contributed by atoms with Gasteiger partial charge in [0.05, 0.1) is 9.79 Å². The van der Waals surface area contributed by atoms with E-state index in [9.17, 15) is 8.42 Å². The third-order valence-electron chi connectivity index (χ3n) is 5.78. The fraction of sp³-hybridized carbons (Fsp3) is 0.300. The first kappa shape index (κ1) is 18.8. The van der Waals surface area contributed by atoms with Crippen molar-refractivity contribution in [1.82, 2.24) is 9.88 Å². The highest BCUT2D eigenvalue weighted by Gasteiger charge is 2.36. The van der Waals surface area contributed by atoms with Crippen molar-refractivity contribution in [2.24, 2.45) is 7.05 Å². The van der Waals surface area contributed by atoms with Gasteiger partial charge in [-0.25, -0.2) is 8.42 Å². The fourth-order valence-corrected chi connectivity index (χ4v) is 6.11. The third kappa shape index (κ3) is 2.80. The molecule has 0 amide bonds. The molecule has 0 saturated carbocycles. The Hall–Kier alpha value is -1.53. The minimum Gasteiger partial charge on any atom is -0.347 e. The highest BCUT2D eigenvalue weighted by Crippen LogP contribution is 2.42. The summed E-state index contributed by atoms with van der Waals surface area (Å²) in [7, 11) is -1.52. The largest absolute Gasteiger partial charge is 0.347 e. The van der Waals surface area contributed by atoms with Crippen LogP contribution in [0.2, 0.25) is 5.02 Å². The molecule has 0 spiro atoms. The van der Waals surface area contributed by atoms with Gasteiger partial charge >= 0.3 is 0 Å². The molecule has 142 valence electrons. The Kier molecular flexibility index (Phi) is 4.54. The first-order valence-corrected chi connectivity index (χ1v) is 10.7. The number of aryl methyl sites for hydroxylation is 1. The van der Waals surface area contributed by atoms with E-state index in [1.807, 2.05) is 12.1 Å². The first-order valence-electron chi connectivity index (χ1n) is 8.83. The third-order valence-corrected chi connectivity index (χ3v) is 7.77. The molecular weight excluding hydrogens is 403 g/mol. The van der Waals surface area contributed by atoms with Gasteiger partial charge in [-0.3, -0.25) is 0 Å². The second-order valence-corrected chi connectivity index (χ2v) is 9.64. The highest BCUT2D eigenvalue weighted by atomic mass is 35.5. The SMILES string of the molecule is Cl.Cn1c2c(c3cc(S(=O)(=O)c4cccc(Cl)c4)ccc31)C1CCC(C2)N1. The second kappa shape index (κ2) is 6.52. The number of aromatic nitrogens is 1. The zero-order valence-electron chi connectivity index (χ0n) is 14.8. The van der Waals surface area contributed by atoms with E-state index in [4.69, 9.17) is 11.6 Å². The van der Waals surface area contributed by atoms with Gasteiger partial charge in [-0.05, 0) is 54.8 Å². The number of benzene rings is 2. The van der Waals surface area contributed by atoms with Gasteiger partial charge in [0.2, 0.25) is 9.84 Å². The number of hydrogen-bond acceptors (Lipinski definition) is 3. The summed E-state index contributed by atoms with van der Waals surface area (Å²) in [6.07, 6.45) is 3.30. The predicted molar refractivity (Wildman–Crippen MR) is 110 cm³/mol. The van der Waals surface area contributed by atoms with Crippen LogP contribution in [-0.4, -0.2) is 19.0 Å². The summed E-state index contributed by atoms with van der Waals surface area (Å²) in [4.78, 5) is 0.550. The lowest BCUT2D eigenvalue weighted by molar-refractivity contribution is 0.503. The van der Waals surface area contributed by atoms with E-state index in [1.54, 1.807) is 24.3 Å². The van der Waals surface area contributed by atoms with Gasteiger partial charge < -0.3 is 9.88 Å². The molecule has 5 rings (SSSR count). The van der Waals surface area contributed by atoms with Crippen LogP contribution in [0.5, 0.6) is 0 Å². The number of fused-ring (bicyclic) bond motifs is 6. The Labute approximate surface area is 169 Å². The molecule has 2 aliphatic rings. The van der Waals surface area contributed by atoms with Crippen LogP contribution in [0.15, 0.2) is 52.3 Å². The normalized spacial score (nSPS) is 21.1. The fourth-order valence-electron chi connectivity index (χ4n) is 4.52. The number of rotatable bonds is 2. The van der Waals surface area contributed by atoms with Gasteiger partial charge in [0, 0.05) is 47.2 Å². The quantitative estimate of drug-likeness (QED) is 0.663. The molecule has 1 saturated heterocycles. The average Bonchev–Trinajstić information content (AvgIpc) is 3.14. The Bertz CT molecular complexity index is 1150. The Morgan fingerprint density at radius 3 is 2.67 bits per heavy atom. The van der Waals surface area contributed by atoms with Crippen LogP contribution in [-0.2, 0) is 23.3 Å². The monoisotopic (exact) mass is 422 g/mol. The molecule has 4 nitrogen and oxygen atoms in total. The summed E-state index contributed by atoms with van der Waals surface area (Å²) >= 11 is 6.00. The van der Waals surface area contributed by atoms with Crippen molar-refractivity contribution >= 4 is 44.7 Å². The van der Waals surface area contributed by atoms with Crippen molar-refractivity contribution in [3.05, 3.63) is 58.7 Å². The molecule has 3 heterocycles. The molecule has 3 aromatic rings. The number of halogens is 2. The van der Waals surface area contributed by atoms with Crippen molar-refractivity contribution in [2.45, 2.75) is 41.1 Å². The molecule has 2 aliphatic heterocycles. The number of nitrogens with zero attached hydrogens (tertiary/aromatic N) is 1. The van der Waals surface area contributed by atoms with Crippen LogP contribution in [0.1, 0.15) is 30.1 Å². The summed E-state index contributed by atoms with van der Waals surface area (Å²) in [6.45, 7) is 0. The van der Waals surface area contributed by atoms with E-state index in [-0.39, 0.29) is 17.3 Å². The standard InChI is InChI=1S/C20H19ClN2O2S.ClH/c1-23-18-8-6-15(26(24,25)14-4-2-3-12(21)9-14)11-16(18)20-17-7-5-13(22-17)10-19(20)23;/h2-4,6,8-9,11,13,17,22H,5,7,10H2,1H3;1H. The Balaban J connectivity index is 0.00000180. The van der Waals surface area contributed by atoms with Crippen molar-refractivity contribution < 1.29 is 8.42 Å². The lowest BCUT2D eigenvalue weighted by Crippen LogP contribution is -2.32. The summed E-state index contributed by atoms with van der Waals surface area (Å²) in [6, 6.07) is 12.8. The van der Waals surface area contributed by atoms with Crippen molar-refractivity contribution in [3.8, 4) is 0 Å². The predicted octanol–water partition coefficient (Wildman–Crippen LogP) is 4.44. The molecule has 2 atom stereocenters. The summed E-state index contributed by atoms with van der Waals surface area (Å²) in [5.74, 6) is 0. The van der Waals surface area contributed by atoms with Crippen LogP contribution in [0.3, 0.4) is 0 Å². The van der Waals surface area contributed by atoms with Crippen molar-refractivity contribution in [1.29, 1.82) is 0 Å². The Morgan fingerprint density at radius 2 is 1.89 bits per heavy atom. The van der Waals surface area contributed by atoms with Gasteiger partial charge in [-0.1, -0.05) is 17.7 Å². The van der Waals surface area contributed by atoms with E-state index in [0.717, 1.165) is 23.7 Å². The average molecular weight is 423 g/mol. The highest BCUT2D eigenvalue weighted by molar-refractivity contribution is 7.91. The second-order valence-electron chi connectivity index (χ2n) is 7.26. The van der Waals surface area contributed by atoms with E-state index < -0.39 is 9.84 Å². The molecule has 1 fully saturated rings. The van der Waals surface area contributed by atoms with Gasteiger partial charge in [0.25, 0.3) is 0 Å². The summed E-state index contributed by atoms with van der Waals surface area (Å²) < 4.78 is 28.4. The van der Waals surface area contributed by atoms with Crippen LogP contribution in [0.4, 0.5) is 0 Å². The zero-order chi connectivity index (χ0) is 18.1. The van der Waals surface area contributed by atoms with E-state index in [2.05, 4.69) is 16.9 Å². The van der Waals surface area contributed by atoms with Crippen molar-refractivity contribution in [2.75, 3.05) is 0 Å². The maximum atomic E-state index is 13.1. The minimum absolute atomic E-state index is 0. The van der Waals surface area contributed by atoms with E-state index >= 15 is 0 Å². The van der Waals surface area contributed by atoms with Crippen LogP contribution in [0, 0.1) is 0 Å². The molecule has 27 heavy (non-hydrogen) atoms. The first-order chi connectivity index (χ1) is 12.4. The molecule has 1 aromatic heterocycles. The van der Waals surface area contributed by atoms with Gasteiger partial charge in [-0.15, -0.1) is 12.4 Å². The molecule has 7 heteroatoms. The maximum absolute atomic E-state index is 13.1. The van der Waals surface area contributed by atoms with Gasteiger partial charge in [-0.2, -0.15) is 0 Å². The van der Waals surface area contributed by atoms with Crippen LogP contribution in [0.25, 0.3) is 10.9 Å². The molecule has 1 N–H and O–H groups in total. The molecular formula is C20H20Cl2N2O2S. The van der Waals surface area contributed by atoms with E-state index in [1.165, 1.54) is 23.7 Å². The number of nitrogens with one attached hydrogen (secondary N) is 1. The number of hydrogen-bond donors (Lipinski definition) is 1. The van der Waals surface area contributed by atoms with Crippen LogP contribution >= 0.6 is 24.0 Å². The smallest absolute Gasteiger partial charge is 0.206 e. The summed E-state index contributed by atoms with van der Waals surface area (Å²) in [5, 5.41) is 5.14. The van der Waals surface area contributed by atoms with E-state index in [0.29, 0.717) is 22.0 Å². The van der Waals surface area contributed by atoms with Gasteiger partial charge in [0.15, 0.2) is 0 Å². The van der Waals surface area contributed by atoms with Crippen molar-refractivity contribution in [3.63, 3.8) is 0 Å². The number of sulfone groups is 1.